The minimum atomic E-state index is -0.873. The summed E-state index contributed by atoms with van der Waals surface area (Å²) < 4.78 is 26.1. The topological polar surface area (TPSA) is 84.7 Å². The number of aryl methyl sites for hydroxylation is 2. The molecular formula is C21H26FN3O4. The average Bonchev–Trinajstić information content (AvgIpc) is 3.00. The van der Waals surface area contributed by atoms with E-state index in [9.17, 15) is 9.59 Å². The van der Waals surface area contributed by atoms with Crippen molar-refractivity contribution in [3.8, 4) is 5.75 Å². The third kappa shape index (κ3) is 4.41. The van der Waals surface area contributed by atoms with Gasteiger partial charge in [0.05, 0.1) is 23.6 Å². The van der Waals surface area contributed by atoms with Crippen molar-refractivity contribution in [2.75, 3.05) is 10.2 Å². The van der Waals surface area contributed by atoms with E-state index < -0.39 is 11.9 Å². The van der Waals surface area contributed by atoms with Crippen LogP contribution in [-0.2, 0) is 16.1 Å². The van der Waals surface area contributed by atoms with Gasteiger partial charge in [-0.2, -0.15) is 0 Å². The van der Waals surface area contributed by atoms with Crippen LogP contribution in [0, 0.1) is 25.1 Å². The van der Waals surface area contributed by atoms with Crippen molar-refractivity contribution in [1.29, 1.82) is 0 Å². The molecule has 2 heterocycles. The Morgan fingerprint density at radius 2 is 2.00 bits per heavy atom. The number of benzene rings is 1. The number of hydrogen-bond acceptors (Lipinski definition) is 5. The molecule has 0 radical (unpaired) electrons. The Bertz CT molecular complexity index is 962. The van der Waals surface area contributed by atoms with Crippen molar-refractivity contribution in [2.45, 2.75) is 60.6 Å². The van der Waals surface area contributed by atoms with E-state index in [0.29, 0.717) is 22.7 Å². The molecule has 0 aliphatic carbocycles. The maximum absolute atomic E-state index is 15.3. The lowest BCUT2D eigenvalue weighted by Crippen LogP contribution is -2.44. The Balaban J connectivity index is 1.98. The summed E-state index contributed by atoms with van der Waals surface area (Å²) in [5.74, 6) is -0.870. The number of rotatable bonds is 4. The van der Waals surface area contributed by atoms with Crippen LogP contribution in [0.1, 0.15) is 51.1 Å². The van der Waals surface area contributed by atoms with Crippen molar-refractivity contribution >= 4 is 23.2 Å². The summed E-state index contributed by atoms with van der Waals surface area (Å²) >= 11 is 0. The second-order valence-electron chi connectivity index (χ2n) is 8.64. The zero-order valence-corrected chi connectivity index (χ0v) is 17.6. The second-order valence-corrected chi connectivity index (χ2v) is 8.64. The van der Waals surface area contributed by atoms with Gasteiger partial charge >= 0.3 is 0 Å². The molecule has 1 unspecified atom stereocenters. The van der Waals surface area contributed by atoms with Gasteiger partial charge in [-0.15, -0.1) is 0 Å². The number of amides is 2. The number of carbonyl (C=O) groups excluding carboxylic acids is 2. The smallest absolute Gasteiger partial charge is 0.268 e. The maximum Gasteiger partial charge on any atom is 0.268 e. The monoisotopic (exact) mass is 403 g/mol. The molecule has 1 N–H and O–H groups in total. The van der Waals surface area contributed by atoms with Gasteiger partial charge in [0.2, 0.25) is 5.91 Å². The highest BCUT2D eigenvalue weighted by atomic mass is 19.1. The zero-order chi connectivity index (χ0) is 21.5. The zero-order valence-electron chi connectivity index (χ0n) is 17.6. The highest BCUT2D eigenvalue weighted by molar-refractivity contribution is 6.01. The Hall–Kier alpha value is -2.90. The molecule has 2 aromatic rings. The summed E-state index contributed by atoms with van der Waals surface area (Å²) in [5.41, 5.74) is 1.31. The van der Waals surface area contributed by atoms with Crippen LogP contribution in [0.5, 0.6) is 5.75 Å². The largest absolute Gasteiger partial charge is 0.476 e. The van der Waals surface area contributed by atoms with E-state index in [1.807, 2.05) is 20.8 Å². The van der Waals surface area contributed by atoms with Gasteiger partial charge < -0.3 is 14.6 Å². The molecule has 0 bridgehead atoms. The molecule has 0 fully saturated rings. The Kier molecular flexibility index (Phi) is 5.38. The first-order chi connectivity index (χ1) is 13.5. The summed E-state index contributed by atoms with van der Waals surface area (Å²) in [6, 6.07) is 3.36. The SMILES string of the molecule is Cc1cc(CN2C(=O)C(C)Oc3c2cc(C)c(NC(=O)CC(C)(C)C)c3F)on1. The minimum absolute atomic E-state index is 0.0648. The van der Waals surface area contributed by atoms with Crippen LogP contribution in [-0.4, -0.2) is 23.1 Å². The fraction of sp³-hybridized carbons (Fsp3) is 0.476. The number of nitrogens with zero attached hydrogens (tertiary/aromatic N) is 2. The Labute approximate surface area is 169 Å². The average molecular weight is 403 g/mol. The lowest BCUT2D eigenvalue weighted by Gasteiger charge is -2.33. The fourth-order valence-corrected chi connectivity index (χ4v) is 3.25. The molecule has 7 nitrogen and oxygen atoms in total. The molecular weight excluding hydrogens is 377 g/mol. The Morgan fingerprint density at radius 3 is 2.59 bits per heavy atom. The van der Waals surface area contributed by atoms with E-state index in [1.165, 1.54) is 4.90 Å². The van der Waals surface area contributed by atoms with Crippen molar-refractivity contribution in [2.24, 2.45) is 5.41 Å². The van der Waals surface area contributed by atoms with Crippen LogP contribution < -0.4 is 15.0 Å². The fourth-order valence-electron chi connectivity index (χ4n) is 3.25. The normalized spacial score (nSPS) is 16.4. The molecule has 1 aromatic heterocycles. The number of ether oxygens (including phenoxy) is 1. The predicted octanol–water partition coefficient (Wildman–Crippen LogP) is 4.12. The molecule has 8 heteroatoms. The number of anilines is 2. The molecule has 0 saturated carbocycles. The van der Waals surface area contributed by atoms with Crippen LogP contribution in [0.3, 0.4) is 0 Å². The van der Waals surface area contributed by atoms with Crippen molar-refractivity contribution in [3.63, 3.8) is 0 Å². The van der Waals surface area contributed by atoms with Crippen LogP contribution >= 0.6 is 0 Å². The number of carbonyl (C=O) groups is 2. The highest BCUT2D eigenvalue weighted by Gasteiger charge is 2.36. The number of hydrogen-bond donors (Lipinski definition) is 1. The molecule has 29 heavy (non-hydrogen) atoms. The summed E-state index contributed by atoms with van der Waals surface area (Å²) in [5, 5.41) is 6.48. The van der Waals surface area contributed by atoms with E-state index in [-0.39, 0.29) is 41.6 Å². The molecule has 1 aromatic carbocycles. The highest BCUT2D eigenvalue weighted by Crippen LogP contribution is 2.42. The van der Waals surface area contributed by atoms with Crippen molar-refractivity contribution in [3.05, 3.63) is 35.0 Å². The van der Waals surface area contributed by atoms with Gasteiger partial charge in [-0.25, -0.2) is 4.39 Å². The summed E-state index contributed by atoms with van der Waals surface area (Å²) in [4.78, 5) is 26.4. The van der Waals surface area contributed by atoms with E-state index in [0.717, 1.165) is 0 Å². The van der Waals surface area contributed by atoms with E-state index in [1.54, 1.807) is 32.9 Å². The quantitative estimate of drug-likeness (QED) is 0.830. The molecule has 1 aliphatic heterocycles. The first-order valence-electron chi connectivity index (χ1n) is 9.49. The molecule has 156 valence electrons. The van der Waals surface area contributed by atoms with E-state index in [2.05, 4.69) is 10.5 Å². The number of halogens is 1. The van der Waals surface area contributed by atoms with Crippen molar-refractivity contribution < 1.29 is 23.2 Å². The van der Waals surface area contributed by atoms with Crippen molar-refractivity contribution in [1.82, 2.24) is 5.16 Å². The molecule has 3 rings (SSSR count). The summed E-state index contributed by atoms with van der Waals surface area (Å²) in [6.45, 7) is 10.9. The molecule has 2 amide bonds. The van der Waals surface area contributed by atoms with E-state index in [4.69, 9.17) is 9.26 Å². The van der Waals surface area contributed by atoms with Gasteiger partial charge in [-0.05, 0) is 37.8 Å². The molecule has 0 spiro atoms. The number of fused-ring (bicyclic) bond motifs is 1. The van der Waals surface area contributed by atoms with Gasteiger partial charge in [0, 0.05) is 12.5 Å². The third-order valence-corrected chi connectivity index (χ3v) is 4.54. The molecule has 1 atom stereocenters. The van der Waals surface area contributed by atoms with Crippen LogP contribution in [0.15, 0.2) is 16.7 Å². The summed E-state index contributed by atoms with van der Waals surface area (Å²) in [6.07, 6.45) is -0.628. The van der Waals surface area contributed by atoms with Crippen LogP contribution in [0.2, 0.25) is 0 Å². The third-order valence-electron chi connectivity index (χ3n) is 4.54. The lowest BCUT2D eigenvalue weighted by atomic mass is 9.92. The molecule has 1 aliphatic rings. The van der Waals surface area contributed by atoms with Gasteiger partial charge in [0.15, 0.2) is 23.4 Å². The van der Waals surface area contributed by atoms with Gasteiger partial charge in [0.1, 0.15) is 0 Å². The van der Waals surface area contributed by atoms with Crippen LogP contribution in [0.25, 0.3) is 0 Å². The van der Waals surface area contributed by atoms with Gasteiger partial charge in [-0.1, -0.05) is 25.9 Å². The van der Waals surface area contributed by atoms with E-state index >= 15 is 4.39 Å². The first kappa shape index (κ1) is 20.8. The number of aromatic nitrogens is 1. The minimum Gasteiger partial charge on any atom is -0.476 e. The van der Waals surface area contributed by atoms with Gasteiger partial charge in [-0.3, -0.25) is 14.5 Å². The maximum atomic E-state index is 15.3. The molecule has 0 saturated heterocycles. The lowest BCUT2D eigenvalue weighted by molar-refractivity contribution is -0.126. The predicted molar refractivity (Wildman–Crippen MR) is 106 cm³/mol. The van der Waals surface area contributed by atoms with Gasteiger partial charge in [0.25, 0.3) is 5.91 Å². The first-order valence-corrected chi connectivity index (χ1v) is 9.49. The second kappa shape index (κ2) is 7.50. The van der Waals surface area contributed by atoms with Crippen LogP contribution in [0.4, 0.5) is 15.8 Å². The number of nitrogens with one attached hydrogen (secondary N) is 1. The Morgan fingerprint density at radius 1 is 1.31 bits per heavy atom. The standard InChI is InChI=1S/C21H26FN3O4/c1-11-7-15-19(17(22)18(11)23-16(26)9-21(4,5)6)28-13(3)20(27)25(15)10-14-8-12(2)24-29-14/h7-8,13H,9-10H2,1-6H3,(H,23,26). The summed E-state index contributed by atoms with van der Waals surface area (Å²) in [7, 11) is 0.